The molecule has 5 nitrogen and oxygen atoms in total. The van der Waals surface area contributed by atoms with Crippen molar-refractivity contribution in [3.8, 4) is 5.75 Å². The van der Waals surface area contributed by atoms with Crippen LogP contribution in [-0.4, -0.2) is 25.2 Å². The van der Waals surface area contributed by atoms with E-state index in [9.17, 15) is 4.79 Å². The molecule has 1 aromatic rings. The van der Waals surface area contributed by atoms with Crippen molar-refractivity contribution in [2.75, 3.05) is 13.2 Å². The van der Waals surface area contributed by atoms with E-state index in [4.69, 9.17) is 15.3 Å². The van der Waals surface area contributed by atoms with Gasteiger partial charge in [-0.05, 0) is 30.9 Å². The minimum Gasteiger partial charge on any atom is -0.490 e. The van der Waals surface area contributed by atoms with Crippen LogP contribution < -0.4 is 16.0 Å². The molecule has 5 heteroatoms. The second-order valence-electron chi connectivity index (χ2n) is 5.58. The van der Waals surface area contributed by atoms with Gasteiger partial charge in [0, 0.05) is 0 Å². The number of carbonyl (C=O) groups excluding carboxylic acids is 1. The van der Waals surface area contributed by atoms with Gasteiger partial charge in [0.1, 0.15) is 12.4 Å². The number of nitrogens with one attached hydrogen (secondary N) is 1. The third-order valence-corrected chi connectivity index (χ3v) is 3.85. The van der Waals surface area contributed by atoms with Gasteiger partial charge in [0.2, 0.25) is 0 Å². The largest absolute Gasteiger partial charge is 0.490 e. The number of hydrogen-bond acceptors (Lipinski definition) is 4. The topological polar surface area (TPSA) is 73.6 Å². The van der Waals surface area contributed by atoms with Gasteiger partial charge >= 0.3 is 0 Å². The van der Waals surface area contributed by atoms with Crippen LogP contribution >= 0.6 is 0 Å². The Morgan fingerprint density at radius 1 is 1.33 bits per heavy atom. The lowest BCUT2D eigenvalue weighted by molar-refractivity contribution is 0.00186. The average molecular weight is 292 g/mol. The molecule has 1 aliphatic carbocycles. The van der Waals surface area contributed by atoms with Gasteiger partial charge < -0.3 is 9.47 Å². The third kappa shape index (κ3) is 4.72. The van der Waals surface area contributed by atoms with Crippen LogP contribution in [0.4, 0.5) is 0 Å². The number of amides is 1. The lowest BCUT2D eigenvalue weighted by atomic mass is 9.89. The molecule has 0 radical (unpaired) electrons. The molecule has 0 aromatic heterocycles. The van der Waals surface area contributed by atoms with E-state index in [1.54, 1.807) is 18.2 Å². The fourth-order valence-corrected chi connectivity index (χ4v) is 2.75. The molecule has 2 rings (SSSR count). The Morgan fingerprint density at radius 2 is 2.14 bits per heavy atom. The van der Waals surface area contributed by atoms with Gasteiger partial charge in [0.15, 0.2) is 0 Å². The number of rotatable bonds is 6. The first kappa shape index (κ1) is 15.8. The molecule has 2 atom stereocenters. The molecule has 1 fully saturated rings. The SMILES string of the molecule is CC1CCCC(OCCOc2ccccc2C(=O)NN)C1. The Morgan fingerprint density at radius 3 is 2.90 bits per heavy atom. The summed E-state index contributed by atoms with van der Waals surface area (Å²) in [5.41, 5.74) is 2.55. The lowest BCUT2D eigenvalue weighted by Gasteiger charge is -2.26. The first-order chi connectivity index (χ1) is 10.2. The van der Waals surface area contributed by atoms with Gasteiger partial charge in [-0.25, -0.2) is 5.84 Å². The molecule has 0 aliphatic heterocycles. The third-order valence-electron chi connectivity index (χ3n) is 3.85. The molecule has 2 unspecified atom stereocenters. The molecule has 1 saturated carbocycles. The summed E-state index contributed by atoms with van der Waals surface area (Å²) in [6, 6.07) is 7.04. The molecule has 0 spiro atoms. The van der Waals surface area contributed by atoms with Crippen molar-refractivity contribution >= 4 is 5.91 Å². The monoisotopic (exact) mass is 292 g/mol. The summed E-state index contributed by atoms with van der Waals surface area (Å²) in [6.07, 6.45) is 5.16. The summed E-state index contributed by atoms with van der Waals surface area (Å²) >= 11 is 0. The van der Waals surface area contributed by atoms with E-state index in [-0.39, 0.29) is 5.91 Å². The van der Waals surface area contributed by atoms with Crippen molar-refractivity contribution in [1.29, 1.82) is 0 Å². The molecule has 0 heterocycles. The summed E-state index contributed by atoms with van der Waals surface area (Å²) < 4.78 is 11.5. The standard InChI is InChI=1S/C16H24N2O3/c1-12-5-4-6-13(11-12)20-9-10-21-15-8-3-2-7-14(15)16(19)18-17/h2-3,7-8,12-13H,4-6,9-11,17H2,1H3,(H,18,19). The van der Waals surface area contributed by atoms with Gasteiger partial charge in [-0.1, -0.05) is 31.9 Å². The Balaban J connectivity index is 1.77. The molecular weight excluding hydrogens is 268 g/mol. The van der Waals surface area contributed by atoms with Crippen LogP contribution in [0.25, 0.3) is 0 Å². The number of benzene rings is 1. The van der Waals surface area contributed by atoms with Crippen molar-refractivity contribution in [2.24, 2.45) is 11.8 Å². The van der Waals surface area contributed by atoms with Crippen LogP contribution in [0.5, 0.6) is 5.75 Å². The minimum atomic E-state index is -0.354. The first-order valence-corrected chi connectivity index (χ1v) is 7.55. The van der Waals surface area contributed by atoms with Crippen molar-refractivity contribution in [1.82, 2.24) is 5.43 Å². The smallest absolute Gasteiger partial charge is 0.268 e. The number of hydrazine groups is 1. The summed E-state index contributed by atoms with van der Waals surface area (Å²) in [7, 11) is 0. The van der Waals surface area contributed by atoms with Gasteiger partial charge in [0.25, 0.3) is 5.91 Å². The molecule has 21 heavy (non-hydrogen) atoms. The molecule has 1 amide bonds. The van der Waals surface area contributed by atoms with E-state index in [1.165, 1.54) is 12.8 Å². The Bertz CT molecular complexity index is 465. The van der Waals surface area contributed by atoms with E-state index < -0.39 is 0 Å². The summed E-state index contributed by atoms with van der Waals surface area (Å²) in [5.74, 6) is 6.08. The zero-order valence-electron chi connectivity index (χ0n) is 12.5. The van der Waals surface area contributed by atoms with E-state index in [0.29, 0.717) is 30.6 Å². The van der Waals surface area contributed by atoms with E-state index in [2.05, 4.69) is 12.3 Å². The van der Waals surface area contributed by atoms with Crippen LogP contribution in [-0.2, 0) is 4.74 Å². The molecule has 0 saturated heterocycles. The zero-order chi connectivity index (χ0) is 15.1. The second-order valence-corrected chi connectivity index (χ2v) is 5.58. The van der Waals surface area contributed by atoms with Crippen LogP contribution in [0, 0.1) is 5.92 Å². The van der Waals surface area contributed by atoms with E-state index in [1.807, 2.05) is 6.07 Å². The predicted octanol–water partition coefficient (Wildman–Crippen LogP) is 2.26. The minimum absolute atomic E-state index is 0.347. The van der Waals surface area contributed by atoms with Crippen molar-refractivity contribution in [3.63, 3.8) is 0 Å². The molecule has 0 bridgehead atoms. The summed E-state index contributed by atoms with van der Waals surface area (Å²) in [4.78, 5) is 11.6. The quantitative estimate of drug-likeness (QED) is 0.365. The Labute approximate surface area is 125 Å². The van der Waals surface area contributed by atoms with Gasteiger partial charge in [-0.15, -0.1) is 0 Å². The van der Waals surface area contributed by atoms with Gasteiger partial charge in [-0.2, -0.15) is 0 Å². The average Bonchev–Trinajstić information content (AvgIpc) is 2.51. The van der Waals surface area contributed by atoms with E-state index in [0.717, 1.165) is 18.8 Å². The maximum absolute atomic E-state index is 11.6. The van der Waals surface area contributed by atoms with Crippen LogP contribution in [0.2, 0.25) is 0 Å². The molecule has 1 aliphatic rings. The number of hydrogen-bond donors (Lipinski definition) is 2. The number of ether oxygens (including phenoxy) is 2. The molecular formula is C16H24N2O3. The zero-order valence-corrected chi connectivity index (χ0v) is 12.5. The van der Waals surface area contributed by atoms with Crippen LogP contribution in [0.15, 0.2) is 24.3 Å². The number of carbonyl (C=O) groups is 1. The lowest BCUT2D eigenvalue weighted by Crippen LogP contribution is -2.30. The van der Waals surface area contributed by atoms with Gasteiger partial charge in [-0.3, -0.25) is 10.2 Å². The number of para-hydroxylation sites is 1. The van der Waals surface area contributed by atoms with Crippen molar-refractivity contribution in [3.05, 3.63) is 29.8 Å². The fraction of sp³-hybridized carbons (Fsp3) is 0.562. The number of nitrogens with two attached hydrogens (primary N) is 1. The highest BCUT2D eigenvalue weighted by Crippen LogP contribution is 2.25. The Hall–Kier alpha value is -1.59. The summed E-state index contributed by atoms with van der Waals surface area (Å²) in [5, 5.41) is 0. The highest BCUT2D eigenvalue weighted by atomic mass is 16.5. The highest BCUT2D eigenvalue weighted by molar-refractivity contribution is 5.96. The highest BCUT2D eigenvalue weighted by Gasteiger charge is 2.19. The van der Waals surface area contributed by atoms with Crippen LogP contribution in [0.3, 0.4) is 0 Å². The Kier molecular flexibility index (Phi) is 6.02. The second kappa shape index (κ2) is 8.00. The molecule has 116 valence electrons. The van der Waals surface area contributed by atoms with E-state index >= 15 is 0 Å². The normalized spacial score (nSPS) is 21.8. The first-order valence-electron chi connectivity index (χ1n) is 7.55. The maximum Gasteiger partial charge on any atom is 0.268 e. The van der Waals surface area contributed by atoms with Crippen molar-refractivity contribution < 1.29 is 14.3 Å². The summed E-state index contributed by atoms with van der Waals surface area (Å²) in [6.45, 7) is 3.24. The predicted molar refractivity (Wildman–Crippen MR) is 81.0 cm³/mol. The van der Waals surface area contributed by atoms with Crippen molar-refractivity contribution in [2.45, 2.75) is 38.7 Å². The molecule has 1 aromatic carbocycles. The number of nitrogen functional groups attached to an aromatic ring is 1. The van der Waals surface area contributed by atoms with Crippen LogP contribution in [0.1, 0.15) is 43.0 Å². The fourth-order valence-electron chi connectivity index (χ4n) is 2.75. The molecule has 3 N–H and O–H groups in total. The maximum atomic E-state index is 11.6. The van der Waals surface area contributed by atoms with Gasteiger partial charge in [0.05, 0.1) is 18.3 Å².